The summed E-state index contributed by atoms with van der Waals surface area (Å²) in [4.78, 5) is 20.7. The Hall–Kier alpha value is -1.75. The van der Waals surface area contributed by atoms with Crippen LogP contribution in [0.15, 0.2) is 18.2 Å². The van der Waals surface area contributed by atoms with Gasteiger partial charge in [-0.2, -0.15) is 0 Å². The van der Waals surface area contributed by atoms with Crippen LogP contribution in [0.25, 0.3) is 0 Å². The Bertz CT molecular complexity index is 392. The minimum atomic E-state index is -1.32. The van der Waals surface area contributed by atoms with Crippen LogP contribution in [0.3, 0.4) is 0 Å². The zero-order valence-corrected chi connectivity index (χ0v) is 7.81. The molecule has 15 heavy (non-hydrogen) atoms. The van der Waals surface area contributed by atoms with Crippen LogP contribution in [0.5, 0.6) is 0 Å². The van der Waals surface area contributed by atoms with E-state index in [2.05, 4.69) is 0 Å². The Balaban J connectivity index is 2.91. The first-order valence-electron chi connectivity index (χ1n) is 4.27. The molecule has 1 aromatic carbocycles. The van der Waals surface area contributed by atoms with Crippen LogP contribution in [0.2, 0.25) is 0 Å². The molecular weight excluding hydrogens is 201 g/mol. The molecule has 0 amide bonds. The van der Waals surface area contributed by atoms with Gasteiger partial charge in [-0.3, -0.25) is 0 Å². The van der Waals surface area contributed by atoms with Crippen LogP contribution in [-0.4, -0.2) is 23.4 Å². The molecule has 80 valence electrons. The maximum atomic E-state index is 13.1. The lowest BCUT2D eigenvalue weighted by atomic mass is 10.0. The lowest BCUT2D eigenvalue weighted by Crippen LogP contribution is -2.24. The van der Waals surface area contributed by atoms with Gasteiger partial charge in [0.15, 0.2) is 0 Å². The number of aldehydes is 1. The number of hydrogen-bond donors (Lipinski definition) is 2. The summed E-state index contributed by atoms with van der Waals surface area (Å²) < 4.78 is 13.1. The van der Waals surface area contributed by atoms with Crippen molar-refractivity contribution in [1.29, 1.82) is 0 Å². The predicted octanol–water partition coefficient (Wildman–Crippen LogP) is 0.593. The van der Waals surface area contributed by atoms with Crippen LogP contribution in [0.4, 0.5) is 4.39 Å². The molecule has 0 heterocycles. The lowest BCUT2D eigenvalue weighted by molar-refractivity contribution is -0.108. The van der Waals surface area contributed by atoms with E-state index >= 15 is 0 Å². The quantitative estimate of drug-likeness (QED) is 0.714. The average molecular weight is 211 g/mol. The highest BCUT2D eigenvalue weighted by atomic mass is 19.1. The van der Waals surface area contributed by atoms with E-state index in [4.69, 9.17) is 10.8 Å². The summed E-state index contributed by atoms with van der Waals surface area (Å²) in [7, 11) is 0. The van der Waals surface area contributed by atoms with E-state index < -0.39 is 23.4 Å². The van der Waals surface area contributed by atoms with E-state index in [0.29, 0.717) is 11.8 Å². The molecule has 0 aliphatic heterocycles. The molecule has 1 unspecified atom stereocenters. The molecule has 0 aliphatic rings. The van der Waals surface area contributed by atoms with Crippen molar-refractivity contribution in [3.63, 3.8) is 0 Å². The van der Waals surface area contributed by atoms with Gasteiger partial charge in [0, 0.05) is 0 Å². The van der Waals surface area contributed by atoms with Gasteiger partial charge in [-0.05, 0) is 24.1 Å². The molecule has 1 aromatic rings. The molecule has 0 saturated heterocycles. The fourth-order valence-electron chi connectivity index (χ4n) is 1.18. The Morgan fingerprint density at radius 3 is 2.73 bits per heavy atom. The normalized spacial score (nSPS) is 12.1. The number of carboxylic acid groups (broad SMARTS) is 1. The molecule has 1 rings (SSSR count). The highest BCUT2D eigenvalue weighted by Crippen LogP contribution is 2.11. The summed E-state index contributed by atoms with van der Waals surface area (Å²) in [5, 5.41) is 8.56. The second-order valence-electron chi connectivity index (χ2n) is 3.12. The van der Waals surface area contributed by atoms with E-state index in [1.165, 1.54) is 6.07 Å². The smallest absolute Gasteiger partial charge is 0.338 e. The molecular formula is C10H10FNO3. The summed E-state index contributed by atoms with van der Waals surface area (Å²) in [6.07, 6.45) is 0.753. The van der Waals surface area contributed by atoms with Crippen LogP contribution in [-0.2, 0) is 11.2 Å². The highest BCUT2D eigenvalue weighted by molar-refractivity contribution is 5.87. The average Bonchev–Trinajstić information content (AvgIpc) is 2.17. The summed E-state index contributed by atoms with van der Waals surface area (Å²) in [6, 6.07) is 2.98. The monoisotopic (exact) mass is 211 g/mol. The van der Waals surface area contributed by atoms with Crippen LogP contribution in [0, 0.1) is 5.82 Å². The van der Waals surface area contributed by atoms with Crippen LogP contribution < -0.4 is 5.73 Å². The number of carbonyl (C=O) groups is 2. The third kappa shape index (κ3) is 2.85. The molecule has 0 aromatic heterocycles. The van der Waals surface area contributed by atoms with Crippen molar-refractivity contribution in [1.82, 2.24) is 0 Å². The first kappa shape index (κ1) is 11.3. The Kier molecular flexibility index (Phi) is 3.51. The van der Waals surface area contributed by atoms with Gasteiger partial charge in [-0.15, -0.1) is 0 Å². The Labute approximate surface area is 85.5 Å². The molecule has 5 heteroatoms. The topological polar surface area (TPSA) is 80.4 Å². The van der Waals surface area contributed by atoms with E-state index in [-0.39, 0.29) is 6.42 Å². The lowest BCUT2D eigenvalue weighted by Gasteiger charge is -2.05. The summed E-state index contributed by atoms with van der Waals surface area (Å²) in [5.41, 5.74) is 5.45. The maximum Gasteiger partial charge on any atom is 0.338 e. The van der Waals surface area contributed by atoms with Crippen molar-refractivity contribution in [2.45, 2.75) is 12.5 Å². The highest BCUT2D eigenvalue weighted by Gasteiger charge is 2.11. The SMILES string of the molecule is NC(C=O)Cc1ccc(C(=O)O)c(F)c1. The second kappa shape index (κ2) is 4.65. The van der Waals surface area contributed by atoms with E-state index in [1.807, 2.05) is 0 Å². The molecule has 0 aliphatic carbocycles. The van der Waals surface area contributed by atoms with Gasteiger partial charge in [0.25, 0.3) is 0 Å². The number of carboxylic acids is 1. The number of nitrogens with two attached hydrogens (primary N) is 1. The number of rotatable bonds is 4. The van der Waals surface area contributed by atoms with Crippen LogP contribution in [0.1, 0.15) is 15.9 Å². The third-order valence-electron chi connectivity index (χ3n) is 1.91. The van der Waals surface area contributed by atoms with Crippen molar-refractivity contribution in [2.24, 2.45) is 5.73 Å². The first-order chi connectivity index (χ1) is 7.04. The maximum absolute atomic E-state index is 13.1. The second-order valence-corrected chi connectivity index (χ2v) is 3.12. The van der Waals surface area contributed by atoms with Gasteiger partial charge in [0.05, 0.1) is 11.6 Å². The zero-order valence-electron chi connectivity index (χ0n) is 7.81. The van der Waals surface area contributed by atoms with Gasteiger partial charge < -0.3 is 15.6 Å². The predicted molar refractivity (Wildman–Crippen MR) is 51.1 cm³/mol. The van der Waals surface area contributed by atoms with Crippen molar-refractivity contribution in [2.75, 3.05) is 0 Å². The Morgan fingerprint density at radius 2 is 2.27 bits per heavy atom. The molecule has 1 atom stereocenters. The van der Waals surface area contributed by atoms with E-state index in [9.17, 15) is 14.0 Å². The van der Waals surface area contributed by atoms with E-state index in [1.54, 1.807) is 0 Å². The summed E-state index contributed by atoms with van der Waals surface area (Å²) >= 11 is 0. The summed E-state index contributed by atoms with van der Waals surface area (Å²) in [5.74, 6) is -2.14. The largest absolute Gasteiger partial charge is 0.478 e. The van der Waals surface area contributed by atoms with Crippen molar-refractivity contribution in [3.05, 3.63) is 35.1 Å². The van der Waals surface area contributed by atoms with E-state index in [0.717, 1.165) is 12.1 Å². The first-order valence-corrected chi connectivity index (χ1v) is 4.27. The third-order valence-corrected chi connectivity index (χ3v) is 1.91. The molecule has 0 radical (unpaired) electrons. The molecule has 0 saturated carbocycles. The van der Waals surface area contributed by atoms with Crippen molar-refractivity contribution < 1.29 is 19.1 Å². The number of halogens is 1. The van der Waals surface area contributed by atoms with Crippen LogP contribution >= 0.6 is 0 Å². The number of carbonyl (C=O) groups excluding carboxylic acids is 1. The molecule has 0 fully saturated rings. The van der Waals surface area contributed by atoms with Crippen molar-refractivity contribution >= 4 is 12.3 Å². The standard InChI is InChI=1S/C10H10FNO3/c11-9-4-6(3-7(12)5-13)1-2-8(9)10(14)15/h1-2,4-5,7H,3,12H2,(H,14,15). The summed E-state index contributed by atoms with van der Waals surface area (Å²) in [6.45, 7) is 0. The zero-order chi connectivity index (χ0) is 11.4. The Morgan fingerprint density at radius 1 is 1.60 bits per heavy atom. The molecule has 4 nitrogen and oxygen atoms in total. The number of benzene rings is 1. The van der Waals surface area contributed by atoms with Gasteiger partial charge in [0.2, 0.25) is 0 Å². The van der Waals surface area contributed by atoms with Gasteiger partial charge in [-0.25, -0.2) is 9.18 Å². The molecule has 3 N–H and O–H groups in total. The molecule has 0 spiro atoms. The number of aromatic carboxylic acids is 1. The van der Waals surface area contributed by atoms with Gasteiger partial charge >= 0.3 is 5.97 Å². The molecule has 0 bridgehead atoms. The minimum absolute atomic E-state index is 0.195. The fourth-order valence-corrected chi connectivity index (χ4v) is 1.18. The van der Waals surface area contributed by atoms with Crippen molar-refractivity contribution in [3.8, 4) is 0 Å². The number of hydrogen-bond acceptors (Lipinski definition) is 3. The van der Waals surface area contributed by atoms with Gasteiger partial charge in [0.1, 0.15) is 12.1 Å². The fraction of sp³-hybridized carbons (Fsp3) is 0.200. The van der Waals surface area contributed by atoms with Gasteiger partial charge in [-0.1, -0.05) is 6.07 Å². The minimum Gasteiger partial charge on any atom is -0.478 e.